The fourth-order valence-electron chi connectivity index (χ4n) is 2.38. The van der Waals surface area contributed by atoms with Crippen molar-refractivity contribution in [3.63, 3.8) is 0 Å². The molecule has 2 N–H and O–H groups in total. The molecule has 21 heavy (non-hydrogen) atoms. The normalized spacial score (nSPS) is 12.6. The van der Waals surface area contributed by atoms with E-state index < -0.39 is 6.61 Å². The monoisotopic (exact) mass is 299 g/mol. The van der Waals surface area contributed by atoms with E-state index in [-0.39, 0.29) is 11.8 Å². The van der Waals surface area contributed by atoms with Gasteiger partial charge in [-0.2, -0.15) is 8.78 Å². The molecule has 1 aromatic rings. The maximum Gasteiger partial charge on any atom is 0.387 e. The van der Waals surface area contributed by atoms with E-state index in [0.717, 1.165) is 18.4 Å². The summed E-state index contributed by atoms with van der Waals surface area (Å²) in [6.45, 7) is -0.561. The van der Waals surface area contributed by atoms with Crippen LogP contribution in [0, 0.1) is 0 Å². The van der Waals surface area contributed by atoms with Gasteiger partial charge in [-0.05, 0) is 24.1 Å². The van der Waals surface area contributed by atoms with Gasteiger partial charge in [0.25, 0.3) is 0 Å². The SMILES string of the molecule is CCCCCCCCCC(N)c1ccc(OC(F)F)cc1. The Hall–Kier alpha value is -1.16. The lowest BCUT2D eigenvalue weighted by atomic mass is 10.0. The predicted molar refractivity (Wildman–Crippen MR) is 82.6 cm³/mol. The third-order valence-corrected chi connectivity index (χ3v) is 3.65. The zero-order valence-electron chi connectivity index (χ0n) is 12.9. The Labute approximate surface area is 126 Å². The maximum absolute atomic E-state index is 12.0. The summed E-state index contributed by atoms with van der Waals surface area (Å²) in [5, 5.41) is 0. The van der Waals surface area contributed by atoms with Gasteiger partial charge in [-0.15, -0.1) is 0 Å². The topological polar surface area (TPSA) is 35.2 Å². The number of unbranched alkanes of at least 4 members (excludes halogenated alkanes) is 6. The summed E-state index contributed by atoms with van der Waals surface area (Å²) >= 11 is 0. The number of nitrogens with two attached hydrogens (primary N) is 1. The molecule has 0 aliphatic rings. The van der Waals surface area contributed by atoms with Gasteiger partial charge in [-0.1, -0.05) is 64.0 Å². The van der Waals surface area contributed by atoms with Gasteiger partial charge in [-0.25, -0.2) is 0 Å². The second-order valence-electron chi connectivity index (χ2n) is 5.46. The van der Waals surface area contributed by atoms with E-state index in [4.69, 9.17) is 5.73 Å². The first-order chi connectivity index (χ1) is 10.1. The van der Waals surface area contributed by atoms with E-state index >= 15 is 0 Å². The van der Waals surface area contributed by atoms with Crippen LogP contribution < -0.4 is 10.5 Å². The molecular formula is C17H27F2NO. The second kappa shape index (κ2) is 10.6. The van der Waals surface area contributed by atoms with Gasteiger partial charge < -0.3 is 10.5 Å². The molecule has 0 amide bonds. The Morgan fingerprint density at radius 3 is 2.10 bits per heavy atom. The Morgan fingerprint density at radius 2 is 1.52 bits per heavy atom. The summed E-state index contributed by atoms with van der Waals surface area (Å²) in [4.78, 5) is 0. The van der Waals surface area contributed by atoms with Crippen LogP contribution in [0.25, 0.3) is 0 Å². The minimum Gasteiger partial charge on any atom is -0.435 e. The molecule has 0 bridgehead atoms. The smallest absolute Gasteiger partial charge is 0.387 e. The molecule has 120 valence electrons. The highest BCUT2D eigenvalue weighted by molar-refractivity contribution is 5.29. The third-order valence-electron chi connectivity index (χ3n) is 3.65. The molecule has 0 aromatic heterocycles. The van der Waals surface area contributed by atoms with E-state index in [0.29, 0.717) is 0 Å². The van der Waals surface area contributed by atoms with Crippen LogP contribution in [0.4, 0.5) is 8.78 Å². The molecule has 1 unspecified atom stereocenters. The van der Waals surface area contributed by atoms with Crippen molar-refractivity contribution in [1.29, 1.82) is 0 Å². The number of hydrogen-bond donors (Lipinski definition) is 1. The first-order valence-corrected chi connectivity index (χ1v) is 7.93. The number of halogens is 2. The van der Waals surface area contributed by atoms with Crippen molar-refractivity contribution in [2.75, 3.05) is 0 Å². The van der Waals surface area contributed by atoms with Crippen LogP contribution >= 0.6 is 0 Å². The zero-order chi connectivity index (χ0) is 15.5. The average molecular weight is 299 g/mol. The van der Waals surface area contributed by atoms with Crippen molar-refractivity contribution in [2.24, 2.45) is 5.73 Å². The molecule has 0 radical (unpaired) electrons. The van der Waals surface area contributed by atoms with Crippen LogP contribution in [0.15, 0.2) is 24.3 Å². The minimum atomic E-state index is -2.78. The van der Waals surface area contributed by atoms with E-state index in [9.17, 15) is 8.78 Å². The molecular weight excluding hydrogens is 272 g/mol. The van der Waals surface area contributed by atoms with Crippen molar-refractivity contribution in [3.8, 4) is 5.75 Å². The van der Waals surface area contributed by atoms with Crippen LogP contribution in [0.2, 0.25) is 0 Å². The lowest BCUT2D eigenvalue weighted by Gasteiger charge is -2.13. The Kier molecular flexibility index (Phi) is 8.99. The quantitative estimate of drug-likeness (QED) is 0.553. The highest BCUT2D eigenvalue weighted by atomic mass is 19.3. The van der Waals surface area contributed by atoms with Crippen molar-refractivity contribution >= 4 is 0 Å². The number of benzene rings is 1. The largest absolute Gasteiger partial charge is 0.435 e. The number of alkyl halides is 2. The van der Waals surface area contributed by atoms with E-state index in [2.05, 4.69) is 11.7 Å². The first kappa shape index (κ1) is 17.9. The summed E-state index contributed by atoms with van der Waals surface area (Å²) in [5.74, 6) is 0.178. The lowest BCUT2D eigenvalue weighted by molar-refractivity contribution is -0.0498. The minimum absolute atomic E-state index is 0.0266. The Balaban J connectivity index is 2.21. The van der Waals surface area contributed by atoms with Gasteiger partial charge >= 0.3 is 6.61 Å². The highest BCUT2D eigenvalue weighted by Gasteiger charge is 2.08. The standard InChI is InChI=1S/C17H27F2NO/c1-2-3-4-5-6-7-8-9-16(20)14-10-12-15(13-11-14)21-17(18)19/h10-13,16-17H,2-9,20H2,1H3. The summed E-state index contributed by atoms with van der Waals surface area (Å²) in [7, 11) is 0. The highest BCUT2D eigenvalue weighted by Crippen LogP contribution is 2.22. The summed E-state index contributed by atoms with van der Waals surface area (Å²) in [6, 6.07) is 6.60. The first-order valence-electron chi connectivity index (χ1n) is 7.93. The maximum atomic E-state index is 12.0. The molecule has 1 rings (SSSR count). The number of rotatable bonds is 11. The van der Waals surface area contributed by atoms with Gasteiger partial charge in [0.05, 0.1) is 0 Å². The van der Waals surface area contributed by atoms with Gasteiger partial charge in [0.2, 0.25) is 0 Å². The second-order valence-corrected chi connectivity index (χ2v) is 5.46. The van der Waals surface area contributed by atoms with Crippen LogP contribution in [0.3, 0.4) is 0 Å². The molecule has 0 aliphatic heterocycles. The van der Waals surface area contributed by atoms with Crippen molar-refractivity contribution < 1.29 is 13.5 Å². The fraction of sp³-hybridized carbons (Fsp3) is 0.647. The summed E-state index contributed by atoms with van der Waals surface area (Å²) in [6.07, 6.45) is 9.77. The number of ether oxygens (including phenoxy) is 1. The van der Waals surface area contributed by atoms with E-state index in [1.807, 2.05) is 0 Å². The summed E-state index contributed by atoms with van der Waals surface area (Å²) in [5.41, 5.74) is 7.09. The predicted octanol–water partition coefficient (Wildman–Crippen LogP) is 5.43. The van der Waals surface area contributed by atoms with Gasteiger partial charge in [0, 0.05) is 6.04 Å². The van der Waals surface area contributed by atoms with E-state index in [1.165, 1.54) is 38.5 Å². The van der Waals surface area contributed by atoms with Crippen molar-refractivity contribution in [2.45, 2.75) is 70.9 Å². The Morgan fingerprint density at radius 1 is 0.952 bits per heavy atom. The molecule has 2 nitrogen and oxygen atoms in total. The molecule has 0 aliphatic carbocycles. The molecule has 0 saturated heterocycles. The average Bonchev–Trinajstić information content (AvgIpc) is 2.46. The molecule has 0 fully saturated rings. The molecule has 1 atom stereocenters. The molecule has 0 heterocycles. The molecule has 4 heteroatoms. The molecule has 1 aromatic carbocycles. The van der Waals surface area contributed by atoms with Crippen LogP contribution in [-0.4, -0.2) is 6.61 Å². The Bertz CT molecular complexity index is 368. The van der Waals surface area contributed by atoms with Crippen LogP contribution in [0.5, 0.6) is 5.75 Å². The lowest BCUT2D eigenvalue weighted by Crippen LogP contribution is -2.10. The van der Waals surface area contributed by atoms with Gasteiger partial charge in [0.1, 0.15) is 5.75 Å². The summed E-state index contributed by atoms with van der Waals surface area (Å²) < 4.78 is 28.4. The van der Waals surface area contributed by atoms with Crippen molar-refractivity contribution in [1.82, 2.24) is 0 Å². The van der Waals surface area contributed by atoms with Gasteiger partial charge in [-0.3, -0.25) is 0 Å². The molecule has 0 spiro atoms. The van der Waals surface area contributed by atoms with Crippen molar-refractivity contribution in [3.05, 3.63) is 29.8 Å². The molecule has 0 saturated carbocycles. The van der Waals surface area contributed by atoms with Crippen LogP contribution in [-0.2, 0) is 0 Å². The zero-order valence-corrected chi connectivity index (χ0v) is 12.9. The number of hydrogen-bond acceptors (Lipinski definition) is 2. The van der Waals surface area contributed by atoms with Crippen LogP contribution in [0.1, 0.15) is 69.9 Å². The third kappa shape index (κ3) is 8.00. The fourth-order valence-corrected chi connectivity index (χ4v) is 2.38. The van der Waals surface area contributed by atoms with Gasteiger partial charge in [0.15, 0.2) is 0 Å². The van der Waals surface area contributed by atoms with E-state index in [1.54, 1.807) is 24.3 Å².